The van der Waals surface area contributed by atoms with Gasteiger partial charge in [-0.2, -0.15) is 0 Å². The summed E-state index contributed by atoms with van der Waals surface area (Å²) < 4.78 is 0. The zero-order chi connectivity index (χ0) is 24.7. The van der Waals surface area contributed by atoms with Crippen LogP contribution in [-0.2, 0) is 33.6 Å². The Kier molecular flexibility index (Phi) is 13.4. The number of nitrogens with one attached hydrogen (secondary N) is 5. The van der Waals surface area contributed by atoms with Gasteiger partial charge in [0, 0.05) is 25.8 Å². The van der Waals surface area contributed by atoms with E-state index in [1.807, 2.05) is 0 Å². The van der Waals surface area contributed by atoms with E-state index in [2.05, 4.69) is 26.6 Å². The van der Waals surface area contributed by atoms with Crippen molar-refractivity contribution in [2.45, 2.75) is 51.6 Å². The molecule has 0 saturated heterocycles. The van der Waals surface area contributed by atoms with E-state index in [1.54, 1.807) is 13.8 Å². The fraction of sp³-hybridized carbons (Fsp3) is 0.611. The second kappa shape index (κ2) is 15.1. The highest BCUT2D eigenvalue weighted by atomic mass is 16.4. The van der Waals surface area contributed by atoms with Gasteiger partial charge in [-0.05, 0) is 6.42 Å². The Morgan fingerprint density at radius 2 is 1.19 bits per heavy atom. The molecule has 0 saturated carbocycles. The van der Waals surface area contributed by atoms with Crippen LogP contribution in [0.3, 0.4) is 0 Å². The molecule has 14 nitrogen and oxygen atoms in total. The number of amides is 6. The van der Waals surface area contributed by atoms with Gasteiger partial charge in [0.05, 0.1) is 13.1 Å². The minimum Gasteiger partial charge on any atom is -0.480 e. The van der Waals surface area contributed by atoms with Crippen molar-refractivity contribution in [2.24, 2.45) is 5.73 Å². The zero-order valence-corrected chi connectivity index (χ0v) is 18.0. The van der Waals surface area contributed by atoms with Gasteiger partial charge in [0.15, 0.2) is 0 Å². The van der Waals surface area contributed by atoms with Gasteiger partial charge < -0.3 is 37.4 Å². The smallest absolute Gasteiger partial charge is 0.326 e. The molecule has 0 aromatic carbocycles. The Balaban J connectivity index is 4.24. The van der Waals surface area contributed by atoms with E-state index in [9.17, 15) is 33.6 Å². The molecule has 0 aromatic rings. The number of carbonyl (C=O) groups is 7. The van der Waals surface area contributed by atoms with Gasteiger partial charge in [0.25, 0.3) is 0 Å². The predicted octanol–water partition coefficient (Wildman–Crippen LogP) is -3.53. The normalized spacial score (nSPS) is 11.9. The number of carbonyl (C=O) groups excluding carboxylic acids is 6. The zero-order valence-electron chi connectivity index (χ0n) is 18.0. The van der Waals surface area contributed by atoms with Crippen LogP contribution in [0, 0.1) is 0 Å². The van der Waals surface area contributed by atoms with E-state index in [1.165, 1.54) is 0 Å². The van der Waals surface area contributed by atoms with Crippen molar-refractivity contribution in [2.75, 3.05) is 19.6 Å². The number of carboxylic acids is 1. The summed E-state index contributed by atoms with van der Waals surface area (Å²) in [7, 11) is 0. The molecule has 0 heterocycles. The monoisotopic (exact) mass is 458 g/mol. The molecule has 32 heavy (non-hydrogen) atoms. The highest BCUT2D eigenvalue weighted by molar-refractivity contribution is 5.90. The molecule has 180 valence electrons. The summed E-state index contributed by atoms with van der Waals surface area (Å²) in [5, 5.41) is 20.5. The summed E-state index contributed by atoms with van der Waals surface area (Å²) in [5.41, 5.74) is 5.14. The number of rotatable bonds is 15. The molecule has 0 spiro atoms. The Morgan fingerprint density at radius 3 is 1.66 bits per heavy atom. The fourth-order valence-corrected chi connectivity index (χ4v) is 2.14. The average molecular weight is 458 g/mol. The van der Waals surface area contributed by atoms with Crippen LogP contribution in [0.5, 0.6) is 0 Å². The van der Waals surface area contributed by atoms with E-state index in [0.717, 1.165) is 0 Å². The molecule has 0 radical (unpaired) electrons. The first-order valence-electron chi connectivity index (χ1n) is 9.90. The van der Waals surface area contributed by atoms with Crippen LogP contribution in [0.4, 0.5) is 0 Å². The molecule has 0 rings (SSSR count). The number of aliphatic carboxylic acids is 1. The Bertz CT molecular complexity index is 668. The first kappa shape index (κ1) is 28.3. The van der Waals surface area contributed by atoms with E-state index < -0.39 is 66.6 Å². The summed E-state index contributed by atoms with van der Waals surface area (Å²) >= 11 is 0. The standard InChI is InChI=1S/C18H30N6O8/c1-3-12(25)23-10(18(31)32)5-6-14(27)21-8-16(29)22-9-15(28)20-7-11(17(19)30)24-13(26)4-2/h10-11H,3-9H2,1-2H3,(H2,19,30)(H,20,28)(H,21,27)(H,22,29)(H,23,25)(H,24,26)(H,31,32). The maximum Gasteiger partial charge on any atom is 0.326 e. The minimum absolute atomic E-state index is 0.0975. The molecular weight excluding hydrogens is 428 g/mol. The summed E-state index contributed by atoms with van der Waals surface area (Å²) in [5.74, 6) is -4.96. The summed E-state index contributed by atoms with van der Waals surface area (Å²) in [6, 6.07) is -2.32. The van der Waals surface area contributed by atoms with Crippen molar-refractivity contribution in [3.63, 3.8) is 0 Å². The van der Waals surface area contributed by atoms with Crippen LogP contribution in [0.1, 0.15) is 39.5 Å². The third-order valence-electron chi connectivity index (χ3n) is 4.01. The van der Waals surface area contributed by atoms with Gasteiger partial charge in [-0.25, -0.2) is 4.79 Å². The molecule has 0 fully saturated rings. The lowest BCUT2D eigenvalue weighted by Crippen LogP contribution is -2.52. The largest absolute Gasteiger partial charge is 0.480 e. The van der Waals surface area contributed by atoms with Crippen molar-refractivity contribution in [3.05, 3.63) is 0 Å². The summed E-state index contributed by atoms with van der Waals surface area (Å²) in [6.07, 6.45) is -0.177. The molecule has 0 bridgehead atoms. The highest BCUT2D eigenvalue weighted by Crippen LogP contribution is 1.99. The molecule has 6 amide bonds. The second-order valence-electron chi connectivity index (χ2n) is 6.58. The van der Waals surface area contributed by atoms with Crippen molar-refractivity contribution in [1.82, 2.24) is 26.6 Å². The first-order chi connectivity index (χ1) is 15.0. The number of primary amides is 1. The number of hydrogen-bond donors (Lipinski definition) is 7. The predicted molar refractivity (Wildman–Crippen MR) is 110 cm³/mol. The maximum absolute atomic E-state index is 11.8. The third-order valence-corrected chi connectivity index (χ3v) is 4.01. The number of hydrogen-bond acceptors (Lipinski definition) is 7. The van der Waals surface area contributed by atoms with Crippen LogP contribution in [-0.4, -0.2) is 78.2 Å². The van der Waals surface area contributed by atoms with Crippen LogP contribution in [0.15, 0.2) is 0 Å². The molecule has 8 N–H and O–H groups in total. The fourth-order valence-electron chi connectivity index (χ4n) is 2.14. The van der Waals surface area contributed by atoms with E-state index in [-0.39, 0.29) is 32.2 Å². The maximum atomic E-state index is 11.8. The van der Waals surface area contributed by atoms with E-state index >= 15 is 0 Å². The Morgan fingerprint density at radius 1 is 0.719 bits per heavy atom. The molecule has 0 aliphatic rings. The lowest BCUT2D eigenvalue weighted by molar-refractivity contribution is -0.142. The van der Waals surface area contributed by atoms with Gasteiger partial charge in [-0.15, -0.1) is 0 Å². The molecule has 14 heteroatoms. The molecule has 0 aliphatic heterocycles. The quantitative estimate of drug-likeness (QED) is 0.130. The van der Waals surface area contributed by atoms with Crippen molar-refractivity contribution < 1.29 is 38.7 Å². The third kappa shape index (κ3) is 12.8. The summed E-state index contributed by atoms with van der Waals surface area (Å²) in [4.78, 5) is 80.2. The molecule has 0 aromatic heterocycles. The highest BCUT2D eigenvalue weighted by Gasteiger charge is 2.21. The van der Waals surface area contributed by atoms with E-state index in [0.29, 0.717) is 0 Å². The first-order valence-corrected chi connectivity index (χ1v) is 9.90. The number of carboxylic acid groups (broad SMARTS) is 1. The SMILES string of the molecule is CCC(=O)NC(CNC(=O)CNC(=O)CNC(=O)CCC(NC(=O)CC)C(=O)O)C(N)=O. The van der Waals surface area contributed by atoms with Crippen LogP contribution in [0.25, 0.3) is 0 Å². The van der Waals surface area contributed by atoms with E-state index in [4.69, 9.17) is 10.8 Å². The molecular formula is C18H30N6O8. The lowest BCUT2D eigenvalue weighted by atomic mass is 10.1. The van der Waals surface area contributed by atoms with Gasteiger partial charge in [-0.1, -0.05) is 13.8 Å². The second-order valence-corrected chi connectivity index (χ2v) is 6.58. The van der Waals surface area contributed by atoms with Gasteiger partial charge in [-0.3, -0.25) is 28.8 Å². The Labute approximate surface area is 184 Å². The van der Waals surface area contributed by atoms with Gasteiger partial charge in [0.1, 0.15) is 12.1 Å². The van der Waals surface area contributed by atoms with Gasteiger partial charge in [0.2, 0.25) is 35.4 Å². The average Bonchev–Trinajstić information content (AvgIpc) is 2.75. The van der Waals surface area contributed by atoms with Crippen LogP contribution >= 0.6 is 0 Å². The Hall–Kier alpha value is -3.71. The van der Waals surface area contributed by atoms with Crippen molar-refractivity contribution >= 4 is 41.4 Å². The van der Waals surface area contributed by atoms with Crippen LogP contribution < -0.4 is 32.3 Å². The molecule has 2 atom stereocenters. The summed E-state index contributed by atoms with van der Waals surface area (Å²) in [6.45, 7) is 1.97. The van der Waals surface area contributed by atoms with Gasteiger partial charge >= 0.3 is 5.97 Å². The number of nitrogens with two attached hydrogens (primary N) is 1. The topological polar surface area (TPSA) is 226 Å². The van der Waals surface area contributed by atoms with Crippen molar-refractivity contribution in [1.29, 1.82) is 0 Å². The molecule has 0 aliphatic carbocycles. The lowest BCUT2D eigenvalue weighted by Gasteiger charge is -2.16. The minimum atomic E-state index is -1.28. The van der Waals surface area contributed by atoms with Crippen LogP contribution in [0.2, 0.25) is 0 Å². The molecule has 2 unspecified atom stereocenters. The van der Waals surface area contributed by atoms with Crippen molar-refractivity contribution in [3.8, 4) is 0 Å².